The fourth-order valence-corrected chi connectivity index (χ4v) is 2.19. The van der Waals surface area contributed by atoms with Crippen molar-refractivity contribution in [2.24, 2.45) is 0 Å². The number of carbonyl (C=O) groups excluding carboxylic acids is 1. The molecule has 0 amide bonds. The lowest BCUT2D eigenvalue weighted by Crippen LogP contribution is -2.05. The van der Waals surface area contributed by atoms with E-state index >= 15 is 0 Å². The van der Waals surface area contributed by atoms with Crippen LogP contribution in [-0.2, 0) is 11.2 Å². The Morgan fingerprint density at radius 2 is 2.10 bits per heavy atom. The maximum absolute atomic E-state index is 12.9. The van der Waals surface area contributed by atoms with E-state index in [-0.39, 0.29) is 41.7 Å². The van der Waals surface area contributed by atoms with E-state index < -0.39 is 4.92 Å². The molecule has 1 aromatic carbocycles. The van der Waals surface area contributed by atoms with Crippen molar-refractivity contribution in [2.75, 3.05) is 0 Å². The lowest BCUT2D eigenvalue weighted by Gasteiger charge is -2.12. The number of nitro groups is 1. The summed E-state index contributed by atoms with van der Waals surface area (Å²) in [5.41, 5.74) is 0.735. The van der Waals surface area contributed by atoms with Crippen LogP contribution in [0.2, 0.25) is 0 Å². The third kappa shape index (κ3) is 3.31. The summed E-state index contributed by atoms with van der Waals surface area (Å²) < 4.78 is 17.9. The van der Waals surface area contributed by atoms with E-state index in [1.165, 1.54) is 19.1 Å². The Bertz CT molecular complexity index is 651. The molecule has 110 valence electrons. The Labute approximate surface area is 119 Å². The van der Waals surface area contributed by atoms with E-state index in [0.29, 0.717) is 5.56 Å². The van der Waals surface area contributed by atoms with Gasteiger partial charge in [0.1, 0.15) is 12.1 Å². The topological polar surface area (TPSA) is 86.2 Å². The molecule has 1 aromatic heterocycles. The quantitative estimate of drug-likeness (QED) is 0.464. The summed E-state index contributed by atoms with van der Waals surface area (Å²) in [6.45, 7) is 1.48. The molecule has 0 fully saturated rings. The summed E-state index contributed by atoms with van der Waals surface area (Å²) in [6, 6.07) is 5.68. The molecule has 0 aliphatic heterocycles. The van der Waals surface area contributed by atoms with Crippen LogP contribution in [0.25, 0.3) is 0 Å². The lowest BCUT2D eigenvalue weighted by atomic mass is 9.91. The molecular weight excluding hydrogens is 279 g/mol. The van der Waals surface area contributed by atoms with Crippen LogP contribution < -0.4 is 0 Å². The van der Waals surface area contributed by atoms with Crippen LogP contribution in [0.15, 0.2) is 28.8 Å². The van der Waals surface area contributed by atoms with E-state index in [4.69, 9.17) is 4.52 Å². The number of rotatable bonds is 6. The van der Waals surface area contributed by atoms with Gasteiger partial charge in [-0.05, 0) is 30.5 Å². The minimum absolute atomic E-state index is 0.119. The fourth-order valence-electron chi connectivity index (χ4n) is 2.19. The second-order valence-electron chi connectivity index (χ2n) is 4.65. The SMILES string of the molecule is Cc1noc(C[C@@H](CC=O)c2ccc(F)cc2)c1[N+](=O)[O-]. The van der Waals surface area contributed by atoms with Crippen molar-refractivity contribution in [3.05, 3.63) is 57.2 Å². The van der Waals surface area contributed by atoms with Gasteiger partial charge in [0.25, 0.3) is 0 Å². The molecule has 21 heavy (non-hydrogen) atoms. The number of aryl methyl sites for hydroxylation is 1. The highest BCUT2D eigenvalue weighted by atomic mass is 19.1. The predicted molar refractivity (Wildman–Crippen MR) is 71.4 cm³/mol. The maximum Gasteiger partial charge on any atom is 0.334 e. The van der Waals surface area contributed by atoms with Crippen molar-refractivity contribution in [3.63, 3.8) is 0 Å². The molecule has 0 unspecified atom stereocenters. The van der Waals surface area contributed by atoms with E-state index in [0.717, 1.165) is 6.29 Å². The van der Waals surface area contributed by atoms with Crippen molar-refractivity contribution in [1.29, 1.82) is 0 Å². The normalized spacial score (nSPS) is 12.1. The molecular formula is C14H13FN2O4. The largest absolute Gasteiger partial charge is 0.354 e. The van der Waals surface area contributed by atoms with Crippen molar-refractivity contribution < 1.29 is 18.6 Å². The highest BCUT2D eigenvalue weighted by Gasteiger charge is 2.27. The summed E-state index contributed by atoms with van der Waals surface area (Å²) in [5, 5.41) is 14.6. The molecule has 2 aromatic rings. The summed E-state index contributed by atoms with van der Waals surface area (Å²) in [4.78, 5) is 21.3. The third-order valence-electron chi connectivity index (χ3n) is 3.24. The van der Waals surface area contributed by atoms with E-state index in [1.807, 2.05) is 0 Å². The van der Waals surface area contributed by atoms with Gasteiger partial charge >= 0.3 is 5.69 Å². The molecule has 2 rings (SSSR count). The van der Waals surface area contributed by atoms with Gasteiger partial charge < -0.3 is 9.32 Å². The van der Waals surface area contributed by atoms with Crippen LogP contribution in [0.4, 0.5) is 10.1 Å². The first kappa shape index (κ1) is 14.8. The van der Waals surface area contributed by atoms with Crippen LogP contribution in [-0.4, -0.2) is 16.4 Å². The summed E-state index contributed by atoms with van der Waals surface area (Å²) in [6.07, 6.45) is 1.03. The van der Waals surface area contributed by atoms with Crippen LogP contribution in [0.3, 0.4) is 0 Å². The van der Waals surface area contributed by atoms with Crippen LogP contribution in [0.5, 0.6) is 0 Å². The summed E-state index contributed by atoms with van der Waals surface area (Å²) >= 11 is 0. The van der Waals surface area contributed by atoms with Crippen molar-refractivity contribution in [3.8, 4) is 0 Å². The van der Waals surface area contributed by atoms with Crippen molar-refractivity contribution in [1.82, 2.24) is 5.16 Å². The molecule has 0 saturated carbocycles. The molecule has 0 aliphatic rings. The minimum Gasteiger partial charge on any atom is -0.354 e. The highest BCUT2D eigenvalue weighted by molar-refractivity contribution is 5.52. The number of hydrogen-bond acceptors (Lipinski definition) is 5. The Morgan fingerprint density at radius 3 is 2.67 bits per heavy atom. The molecule has 7 heteroatoms. The number of halogens is 1. The van der Waals surface area contributed by atoms with Crippen molar-refractivity contribution in [2.45, 2.75) is 25.7 Å². The molecule has 0 aliphatic carbocycles. The first-order valence-electron chi connectivity index (χ1n) is 6.31. The zero-order chi connectivity index (χ0) is 15.4. The Balaban J connectivity index is 2.30. The molecule has 1 atom stereocenters. The monoisotopic (exact) mass is 292 g/mol. The average molecular weight is 292 g/mol. The number of aldehydes is 1. The van der Waals surface area contributed by atoms with Gasteiger partial charge in [-0.1, -0.05) is 17.3 Å². The zero-order valence-corrected chi connectivity index (χ0v) is 11.3. The molecule has 0 N–H and O–H groups in total. The average Bonchev–Trinajstić information content (AvgIpc) is 2.80. The lowest BCUT2D eigenvalue weighted by molar-refractivity contribution is -0.386. The Hall–Kier alpha value is -2.57. The molecule has 0 bridgehead atoms. The van der Waals surface area contributed by atoms with E-state index in [9.17, 15) is 19.3 Å². The number of nitrogens with zero attached hydrogens (tertiary/aromatic N) is 2. The van der Waals surface area contributed by atoms with Gasteiger partial charge in [0.05, 0.1) is 4.92 Å². The van der Waals surface area contributed by atoms with Crippen LogP contribution in [0.1, 0.15) is 29.4 Å². The minimum atomic E-state index is -0.552. The Morgan fingerprint density at radius 1 is 1.43 bits per heavy atom. The molecule has 0 spiro atoms. The standard InChI is InChI=1S/C14H13FN2O4/c1-9-14(17(19)20)13(21-16-9)8-11(6-7-18)10-2-4-12(15)5-3-10/h2-5,7,11H,6,8H2,1H3/t11-/m1/s1. The number of benzene rings is 1. The van der Waals surface area contributed by atoms with Gasteiger partial charge in [0, 0.05) is 12.8 Å². The first-order chi connectivity index (χ1) is 10.0. The zero-order valence-electron chi connectivity index (χ0n) is 11.3. The van der Waals surface area contributed by atoms with Gasteiger partial charge in [-0.15, -0.1) is 0 Å². The van der Waals surface area contributed by atoms with Gasteiger partial charge in [-0.3, -0.25) is 10.1 Å². The predicted octanol–water partition coefficient (Wildman–Crippen LogP) is 2.95. The fraction of sp³-hybridized carbons (Fsp3) is 0.286. The molecule has 0 saturated heterocycles. The number of carbonyl (C=O) groups is 1. The number of aromatic nitrogens is 1. The molecule has 6 nitrogen and oxygen atoms in total. The van der Waals surface area contributed by atoms with Gasteiger partial charge in [-0.2, -0.15) is 0 Å². The second-order valence-corrected chi connectivity index (χ2v) is 4.65. The Kier molecular flexibility index (Phi) is 4.42. The van der Waals surface area contributed by atoms with Gasteiger partial charge in [0.15, 0.2) is 5.69 Å². The van der Waals surface area contributed by atoms with Crippen LogP contribution >= 0.6 is 0 Å². The van der Waals surface area contributed by atoms with Gasteiger partial charge in [0.2, 0.25) is 5.76 Å². The smallest absolute Gasteiger partial charge is 0.334 e. The van der Waals surface area contributed by atoms with Gasteiger partial charge in [-0.25, -0.2) is 4.39 Å². The number of hydrogen-bond donors (Lipinski definition) is 0. The summed E-state index contributed by atoms with van der Waals surface area (Å²) in [5.74, 6) is -0.590. The maximum atomic E-state index is 12.9. The van der Waals surface area contributed by atoms with E-state index in [2.05, 4.69) is 5.16 Å². The highest BCUT2D eigenvalue weighted by Crippen LogP contribution is 2.30. The first-order valence-corrected chi connectivity index (χ1v) is 6.31. The van der Waals surface area contributed by atoms with Crippen molar-refractivity contribution >= 4 is 12.0 Å². The summed E-state index contributed by atoms with van der Waals surface area (Å²) in [7, 11) is 0. The third-order valence-corrected chi connectivity index (χ3v) is 3.24. The molecule has 0 radical (unpaired) electrons. The second kappa shape index (κ2) is 6.25. The van der Waals surface area contributed by atoms with Crippen LogP contribution in [0, 0.1) is 22.9 Å². The van der Waals surface area contributed by atoms with E-state index in [1.54, 1.807) is 12.1 Å². The molecule has 1 heterocycles.